The van der Waals surface area contributed by atoms with Crippen LogP contribution in [0.5, 0.6) is 0 Å². The lowest BCUT2D eigenvalue weighted by Crippen LogP contribution is -2.58. The monoisotopic (exact) mass is 227 g/mol. The lowest BCUT2D eigenvalue weighted by Gasteiger charge is -2.38. The van der Waals surface area contributed by atoms with Crippen molar-refractivity contribution in [3.05, 3.63) is 17.0 Å². The maximum atomic E-state index is 12.6. The van der Waals surface area contributed by atoms with Crippen molar-refractivity contribution in [2.45, 2.75) is 25.2 Å². The molecule has 1 fully saturated rings. The van der Waals surface area contributed by atoms with E-state index in [1.807, 2.05) is 0 Å². The molecule has 1 aromatic heterocycles. The molecule has 0 radical (unpaired) electrons. The average molecular weight is 227 g/mol. The Morgan fingerprint density at radius 1 is 1.38 bits per heavy atom. The van der Waals surface area contributed by atoms with E-state index in [0.717, 1.165) is 35.4 Å². The van der Waals surface area contributed by atoms with Gasteiger partial charge in [0, 0.05) is 11.3 Å². The third-order valence-electron chi connectivity index (χ3n) is 3.14. The van der Waals surface area contributed by atoms with Crippen molar-refractivity contribution in [1.29, 1.82) is 0 Å². The minimum Gasteiger partial charge on any atom is -0.325 e. The Morgan fingerprint density at radius 3 is 2.81 bits per heavy atom. The van der Waals surface area contributed by atoms with E-state index >= 15 is 0 Å². The highest BCUT2D eigenvalue weighted by atomic mass is 19.3. The van der Waals surface area contributed by atoms with Crippen molar-refractivity contribution in [1.82, 2.24) is 15.1 Å². The van der Waals surface area contributed by atoms with Gasteiger partial charge >= 0.3 is 0 Å². The van der Waals surface area contributed by atoms with Crippen LogP contribution in [0.4, 0.5) is 8.78 Å². The second kappa shape index (κ2) is 3.02. The Labute approximate surface area is 90.6 Å². The third kappa shape index (κ3) is 1.32. The van der Waals surface area contributed by atoms with E-state index in [1.54, 1.807) is 0 Å². The van der Waals surface area contributed by atoms with Crippen LogP contribution in [0.1, 0.15) is 28.2 Å². The number of likely N-dealkylation sites (tertiary alicyclic amines) is 1. The number of carbonyl (C=O) groups excluding carboxylic acids is 1. The van der Waals surface area contributed by atoms with Crippen molar-refractivity contribution in [3.63, 3.8) is 0 Å². The number of hydrogen-bond donors (Lipinski definition) is 1. The Morgan fingerprint density at radius 2 is 2.12 bits per heavy atom. The summed E-state index contributed by atoms with van der Waals surface area (Å²) in [6, 6.07) is 0. The fourth-order valence-corrected chi connectivity index (χ4v) is 2.30. The molecule has 0 spiro atoms. The number of hydrogen-bond acceptors (Lipinski definition) is 2. The zero-order chi connectivity index (χ0) is 11.3. The summed E-state index contributed by atoms with van der Waals surface area (Å²) in [5, 5.41) is 6.73. The van der Waals surface area contributed by atoms with Gasteiger partial charge in [0.25, 0.3) is 11.8 Å². The number of fused-ring (bicyclic) bond motifs is 1. The van der Waals surface area contributed by atoms with Crippen LogP contribution in [0.2, 0.25) is 0 Å². The van der Waals surface area contributed by atoms with Crippen LogP contribution in [-0.2, 0) is 12.8 Å². The molecule has 1 N–H and O–H groups in total. The van der Waals surface area contributed by atoms with Gasteiger partial charge in [0.1, 0.15) is 0 Å². The SMILES string of the molecule is O=C(c1n[nH]c2c1CCC2)N1CC(F)(F)C1. The fraction of sp³-hybridized carbons (Fsp3) is 0.600. The second-order valence-electron chi connectivity index (χ2n) is 4.40. The molecule has 6 heteroatoms. The molecule has 0 atom stereocenters. The standard InChI is InChI=1S/C10H11F2N3O/c11-10(12)4-15(5-10)9(16)8-6-2-1-3-7(6)13-14-8/h1-5H2,(H,13,14). The van der Waals surface area contributed by atoms with E-state index in [9.17, 15) is 13.6 Å². The minimum atomic E-state index is -2.71. The van der Waals surface area contributed by atoms with Gasteiger partial charge < -0.3 is 4.90 Å². The average Bonchev–Trinajstić information content (AvgIpc) is 2.73. The van der Waals surface area contributed by atoms with Gasteiger partial charge in [0.2, 0.25) is 0 Å². The molecule has 0 saturated carbocycles. The van der Waals surface area contributed by atoms with Crippen LogP contribution in [0.15, 0.2) is 0 Å². The molecule has 1 aromatic rings. The van der Waals surface area contributed by atoms with Gasteiger partial charge in [-0.2, -0.15) is 5.10 Å². The molecular weight excluding hydrogens is 216 g/mol. The van der Waals surface area contributed by atoms with E-state index in [0.29, 0.717) is 5.69 Å². The summed E-state index contributed by atoms with van der Waals surface area (Å²) in [5.74, 6) is -3.08. The first-order valence-electron chi connectivity index (χ1n) is 5.30. The van der Waals surface area contributed by atoms with E-state index in [4.69, 9.17) is 0 Å². The van der Waals surface area contributed by atoms with Gasteiger partial charge in [-0.3, -0.25) is 9.89 Å². The van der Waals surface area contributed by atoms with Crippen molar-refractivity contribution in [3.8, 4) is 0 Å². The van der Waals surface area contributed by atoms with E-state index in [1.165, 1.54) is 0 Å². The molecule has 0 unspecified atom stereocenters. The number of aromatic amines is 1. The number of nitrogens with zero attached hydrogens (tertiary/aromatic N) is 2. The third-order valence-corrected chi connectivity index (χ3v) is 3.14. The highest BCUT2D eigenvalue weighted by Gasteiger charge is 2.47. The molecule has 0 aromatic carbocycles. The molecule has 1 aliphatic carbocycles. The van der Waals surface area contributed by atoms with Crippen LogP contribution in [0.25, 0.3) is 0 Å². The second-order valence-corrected chi connectivity index (χ2v) is 4.40. The van der Waals surface area contributed by atoms with Gasteiger partial charge in [-0.1, -0.05) is 0 Å². The summed E-state index contributed by atoms with van der Waals surface area (Å²) in [4.78, 5) is 13.0. The number of nitrogens with one attached hydrogen (secondary N) is 1. The maximum Gasteiger partial charge on any atom is 0.282 e. The molecule has 2 aliphatic rings. The maximum absolute atomic E-state index is 12.6. The first kappa shape index (κ1) is 9.74. The summed E-state index contributed by atoms with van der Waals surface area (Å²) in [6.45, 7) is -0.957. The molecule has 16 heavy (non-hydrogen) atoms. The zero-order valence-corrected chi connectivity index (χ0v) is 8.59. The van der Waals surface area contributed by atoms with Crippen LogP contribution >= 0.6 is 0 Å². The molecule has 1 saturated heterocycles. The molecule has 0 bridgehead atoms. The first-order chi connectivity index (χ1) is 7.57. The summed E-state index contributed by atoms with van der Waals surface area (Å²) in [5.41, 5.74) is 2.24. The van der Waals surface area contributed by atoms with Crippen molar-refractivity contribution >= 4 is 5.91 Å². The van der Waals surface area contributed by atoms with Gasteiger partial charge in [0.15, 0.2) is 5.69 Å². The Balaban J connectivity index is 1.80. The predicted molar refractivity (Wildman–Crippen MR) is 51.5 cm³/mol. The smallest absolute Gasteiger partial charge is 0.282 e. The fourth-order valence-electron chi connectivity index (χ4n) is 2.30. The quantitative estimate of drug-likeness (QED) is 0.777. The summed E-state index contributed by atoms with van der Waals surface area (Å²) >= 11 is 0. The topological polar surface area (TPSA) is 49.0 Å². The highest BCUT2D eigenvalue weighted by molar-refractivity contribution is 5.94. The Hall–Kier alpha value is -1.46. The number of amides is 1. The van der Waals surface area contributed by atoms with Gasteiger partial charge in [-0.25, -0.2) is 8.78 Å². The Bertz CT molecular complexity index is 447. The number of carbonyl (C=O) groups is 1. The first-order valence-corrected chi connectivity index (χ1v) is 5.30. The van der Waals surface area contributed by atoms with E-state index < -0.39 is 19.0 Å². The molecule has 4 nitrogen and oxygen atoms in total. The van der Waals surface area contributed by atoms with E-state index in [2.05, 4.69) is 10.2 Å². The van der Waals surface area contributed by atoms with Gasteiger partial charge in [-0.15, -0.1) is 0 Å². The van der Waals surface area contributed by atoms with Crippen LogP contribution in [-0.4, -0.2) is 40.0 Å². The van der Waals surface area contributed by atoms with Crippen LogP contribution < -0.4 is 0 Å². The van der Waals surface area contributed by atoms with Crippen molar-refractivity contribution in [2.75, 3.05) is 13.1 Å². The lowest BCUT2D eigenvalue weighted by molar-refractivity contribution is -0.113. The molecule has 1 amide bonds. The summed E-state index contributed by atoms with van der Waals surface area (Å²) in [6.07, 6.45) is 2.71. The zero-order valence-electron chi connectivity index (χ0n) is 8.59. The van der Waals surface area contributed by atoms with Crippen molar-refractivity contribution < 1.29 is 13.6 Å². The van der Waals surface area contributed by atoms with Crippen molar-refractivity contribution in [2.24, 2.45) is 0 Å². The largest absolute Gasteiger partial charge is 0.325 e. The number of H-pyrrole nitrogens is 1. The number of halogens is 2. The lowest BCUT2D eigenvalue weighted by atomic mass is 10.1. The number of aryl methyl sites for hydroxylation is 1. The number of rotatable bonds is 1. The molecule has 1 aliphatic heterocycles. The summed E-state index contributed by atoms with van der Waals surface area (Å²) in [7, 11) is 0. The molecular formula is C10H11F2N3O. The summed E-state index contributed by atoms with van der Waals surface area (Å²) < 4.78 is 25.3. The number of alkyl halides is 2. The normalized spacial score (nSPS) is 21.8. The van der Waals surface area contributed by atoms with Gasteiger partial charge in [0.05, 0.1) is 13.1 Å². The molecule has 86 valence electrons. The van der Waals surface area contributed by atoms with E-state index in [-0.39, 0.29) is 5.91 Å². The Kier molecular flexibility index (Phi) is 1.84. The molecule has 3 rings (SSSR count). The van der Waals surface area contributed by atoms with Crippen LogP contribution in [0.3, 0.4) is 0 Å². The minimum absolute atomic E-state index is 0.336. The molecule has 2 heterocycles. The number of aromatic nitrogens is 2. The predicted octanol–water partition coefficient (Wildman–Crippen LogP) is 0.990. The highest BCUT2D eigenvalue weighted by Crippen LogP contribution is 2.30. The van der Waals surface area contributed by atoms with Crippen LogP contribution in [0, 0.1) is 0 Å². The van der Waals surface area contributed by atoms with Gasteiger partial charge in [-0.05, 0) is 19.3 Å².